The van der Waals surface area contributed by atoms with Crippen LogP contribution in [0.5, 0.6) is 0 Å². The van der Waals surface area contributed by atoms with Crippen LogP contribution in [0.4, 0.5) is 0 Å². The minimum atomic E-state index is 0.759. The van der Waals surface area contributed by atoms with E-state index in [2.05, 4.69) is 22.6 Å². The van der Waals surface area contributed by atoms with Gasteiger partial charge in [-0.3, -0.25) is 10.0 Å². The van der Waals surface area contributed by atoms with E-state index in [1.54, 1.807) is 0 Å². The molecule has 1 aliphatic heterocycles. The molecule has 0 bridgehead atoms. The molecule has 1 aliphatic rings. The number of nitrogens with two attached hydrogens (primary N) is 1. The maximum Gasteiger partial charge on any atom is 0.0748 e. The Kier molecular flexibility index (Phi) is 4.27. The van der Waals surface area contributed by atoms with Crippen LogP contribution < -0.4 is 15.8 Å². The lowest BCUT2D eigenvalue weighted by molar-refractivity contribution is 0.322. The van der Waals surface area contributed by atoms with Crippen molar-refractivity contribution in [3.63, 3.8) is 0 Å². The fourth-order valence-electron chi connectivity index (χ4n) is 1.14. The minimum Gasteiger partial charge on any atom is -0.385 e. The van der Waals surface area contributed by atoms with Crippen LogP contribution in [0.3, 0.4) is 0 Å². The zero-order chi connectivity index (χ0) is 8.81. The summed E-state index contributed by atoms with van der Waals surface area (Å²) in [6.45, 7) is 3.13. The second-order valence-electron chi connectivity index (χ2n) is 2.85. The van der Waals surface area contributed by atoms with E-state index >= 15 is 0 Å². The number of rotatable bonds is 3. The molecule has 0 aromatic carbocycles. The predicted molar refractivity (Wildman–Crippen MR) is 53.4 cm³/mol. The Morgan fingerprint density at radius 1 is 1.83 bits per heavy atom. The zero-order valence-corrected chi connectivity index (χ0v) is 8.16. The molecule has 1 saturated heterocycles. The summed E-state index contributed by atoms with van der Waals surface area (Å²) in [5.74, 6) is 0.759. The van der Waals surface area contributed by atoms with Crippen LogP contribution in [0.1, 0.15) is 0 Å². The Labute approximate surface area is 77.7 Å². The zero-order valence-electron chi connectivity index (χ0n) is 7.34. The van der Waals surface area contributed by atoms with Crippen molar-refractivity contribution in [3.05, 3.63) is 11.9 Å². The Hall–Kier alpha value is -0.390. The first kappa shape index (κ1) is 9.70. The highest BCUT2D eigenvalue weighted by Gasteiger charge is 2.07. The van der Waals surface area contributed by atoms with Crippen molar-refractivity contribution in [2.45, 2.75) is 0 Å². The van der Waals surface area contributed by atoms with Gasteiger partial charge in [0, 0.05) is 31.5 Å². The van der Waals surface area contributed by atoms with Crippen LogP contribution in [0, 0.1) is 0 Å². The van der Waals surface area contributed by atoms with E-state index in [0.29, 0.717) is 0 Å². The average Bonchev–Trinajstić information content (AvgIpc) is 2.05. The Bertz CT molecular complexity index is 159. The highest BCUT2D eigenvalue weighted by molar-refractivity contribution is 7.97. The standard InChI is InChI=1S/C7H16N4S/c1-11-3-2-10-7(5-11)4-9-6-12-8/h4,9-10H,2-3,5-6,8H2,1H3/b7-4-. The van der Waals surface area contributed by atoms with Gasteiger partial charge in [-0.05, 0) is 7.05 Å². The molecule has 0 aliphatic carbocycles. The molecule has 1 heterocycles. The first-order valence-electron chi connectivity index (χ1n) is 3.99. The second-order valence-corrected chi connectivity index (χ2v) is 3.47. The van der Waals surface area contributed by atoms with Gasteiger partial charge in [0.2, 0.25) is 0 Å². The average molecular weight is 188 g/mol. The normalized spacial score (nSPS) is 22.3. The van der Waals surface area contributed by atoms with Gasteiger partial charge in [-0.15, -0.1) is 0 Å². The summed E-state index contributed by atoms with van der Waals surface area (Å²) in [7, 11) is 2.12. The van der Waals surface area contributed by atoms with E-state index < -0.39 is 0 Å². The molecule has 0 amide bonds. The van der Waals surface area contributed by atoms with Gasteiger partial charge >= 0.3 is 0 Å². The van der Waals surface area contributed by atoms with Crippen LogP contribution in [-0.2, 0) is 0 Å². The lowest BCUT2D eigenvalue weighted by Crippen LogP contribution is -2.40. The van der Waals surface area contributed by atoms with Gasteiger partial charge in [0.1, 0.15) is 0 Å². The number of hydrogen-bond donors (Lipinski definition) is 3. The van der Waals surface area contributed by atoms with Gasteiger partial charge in [-0.1, -0.05) is 11.9 Å². The molecule has 12 heavy (non-hydrogen) atoms. The Morgan fingerprint density at radius 2 is 2.67 bits per heavy atom. The summed E-state index contributed by atoms with van der Waals surface area (Å²) >= 11 is 1.29. The highest BCUT2D eigenvalue weighted by Crippen LogP contribution is 1.97. The fourth-order valence-corrected chi connectivity index (χ4v) is 1.32. The molecule has 0 radical (unpaired) electrons. The van der Waals surface area contributed by atoms with Crippen molar-refractivity contribution in [1.29, 1.82) is 0 Å². The summed E-state index contributed by atoms with van der Waals surface area (Å²) in [5.41, 5.74) is 1.23. The quantitative estimate of drug-likeness (QED) is 0.317. The Morgan fingerprint density at radius 3 is 3.33 bits per heavy atom. The number of nitrogens with one attached hydrogen (secondary N) is 2. The summed E-state index contributed by atoms with van der Waals surface area (Å²) in [4.78, 5) is 2.28. The lowest BCUT2D eigenvalue weighted by Gasteiger charge is -2.25. The summed E-state index contributed by atoms with van der Waals surface area (Å²) in [6.07, 6.45) is 2.00. The van der Waals surface area contributed by atoms with Crippen LogP contribution in [0.2, 0.25) is 0 Å². The molecule has 0 saturated carbocycles. The van der Waals surface area contributed by atoms with Crippen molar-refractivity contribution in [2.24, 2.45) is 5.14 Å². The Balaban J connectivity index is 2.25. The van der Waals surface area contributed by atoms with Crippen molar-refractivity contribution < 1.29 is 0 Å². The van der Waals surface area contributed by atoms with Crippen molar-refractivity contribution in [2.75, 3.05) is 32.6 Å². The molecule has 70 valence electrons. The highest BCUT2D eigenvalue weighted by atomic mass is 32.2. The van der Waals surface area contributed by atoms with Gasteiger partial charge in [0.25, 0.3) is 0 Å². The molecule has 4 nitrogen and oxygen atoms in total. The van der Waals surface area contributed by atoms with Crippen LogP contribution in [0.25, 0.3) is 0 Å². The van der Waals surface area contributed by atoms with Gasteiger partial charge in [-0.2, -0.15) is 0 Å². The maximum atomic E-state index is 5.27. The molecular weight excluding hydrogens is 172 g/mol. The molecular formula is C7H16N4S. The first-order valence-corrected chi connectivity index (χ1v) is 5.04. The number of piperazine rings is 1. The first-order chi connectivity index (χ1) is 5.83. The van der Waals surface area contributed by atoms with Gasteiger partial charge in [0.15, 0.2) is 0 Å². The molecule has 1 fully saturated rings. The number of hydrogen-bond acceptors (Lipinski definition) is 5. The van der Waals surface area contributed by atoms with Gasteiger partial charge < -0.3 is 10.6 Å². The molecule has 0 spiro atoms. The van der Waals surface area contributed by atoms with E-state index in [4.69, 9.17) is 5.14 Å². The molecule has 1 rings (SSSR count). The minimum absolute atomic E-state index is 0.759. The van der Waals surface area contributed by atoms with E-state index in [-0.39, 0.29) is 0 Å². The monoisotopic (exact) mass is 188 g/mol. The van der Waals surface area contributed by atoms with Crippen LogP contribution >= 0.6 is 11.9 Å². The second kappa shape index (κ2) is 5.29. The van der Waals surface area contributed by atoms with E-state index in [1.165, 1.54) is 17.6 Å². The van der Waals surface area contributed by atoms with E-state index in [1.807, 2.05) is 6.20 Å². The van der Waals surface area contributed by atoms with Crippen molar-refractivity contribution >= 4 is 11.9 Å². The number of nitrogens with zero attached hydrogens (tertiary/aromatic N) is 1. The fraction of sp³-hybridized carbons (Fsp3) is 0.714. The van der Waals surface area contributed by atoms with Gasteiger partial charge in [0.05, 0.1) is 5.88 Å². The third-order valence-corrected chi connectivity index (χ3v) is 2.06. The molecule has 0 aromatic rings. The predicted octanol–water partition coefficient (Wildman–Crippen LogP) is -0.483. The van der Waals surface area contributed by atoms with Crippen LogP contribution in [-0.4, -0.2) is 37.5 Å². The molecule has 0 unspecified atom stereocenters. The lowest BCUT2D eigenvalue weighted by atomic mass is 10.3. The smallest absolute Gasteiger partial charge is 0.0748 e. The van der Waals surface area contributed by atoms with Crippen molar-refractivity contribution in [3.8, 4) is 0 Å². The summed E-state index contributed by atoms with van der Waals surface area (Å²) < 4.78 is 0. The summed E-state index contributed by atoms with van der Waals surface area (Å²) in [5, 5.41) is 11.7. The van der Waals surface area contributed by atoms with E-state index in [9.17, 15) is 0 Å². The van der Waals surface area contributed by atoms with Crippen LogP contribution in [0.15, 0.2) is 11.9 Å². The number of likely N-dealkylation sites (N-methyl/N-ethyl adjacent to an activating group) is 1. The molecule has 0 aromatic heterocycles. The largest absolute Gasteiger partial charge is 0.385 e. The molecule has 5 heteroatoms. The molecule has 0 atom stereocenters. The summed E-state index contributed by atoms with van der Waals surface area (Å²) in [6, 6.07) is 0. The maximum absolute atomic E-state index is 5.27. The SMILES string of the molecule is CN1CCN/C(=C\NCSN)C1. The third-order valence-electron chi connectivity index (χ3n) is 1.73. The van der Waals surface area contributed by atoms with E-state index in [0.717, 1.165) is 25.5 Å². The molecule has 4 N–H and O–H groups in total. The van der Waals surface area contributed by atoms with Gasteiger partial charge in [-0.25, -0.2) is 0 Å². The topological polar surface area (TPSA) is 53.3 Å². The third kappa shape index (κ3) is 3.34. The van der Waals surface area contributed by atoms with Crippen molar-refractivity contribution in [1.82, 2.24) is 15.5 Å².